The summed E-state index contributed by atoms with van der Waals surface area (Å²) in [5.41, 5.74) is 3.21. The smallest absolute Gasteiger partial charge is 0.324 e. The summed E-state index contributed by atoms with van der Waals surface area (Å²) >= 11 is 0. The van der Waals surface area contributed by atoms with Crippen LogP contribution < -0.4 is 16.0 Å². The van der Waals surface area contributed by atoms with Gasteiger partial charge in [-0.1, -0.05) is 48.0 Å². The lowest BCUT2D eigenvalue weighted by Gasteiger charge is -2.16. The van der Waals surface area contributed by atoms with Crippen molar-refractivity contribution in [2.45, 2.75) is 13.5 Å². The van der Waals surface area contributed by atoms with Crippen LogP contribution in [0.25, 0.3) is 0 Å². The predicted molar refractivity (Wildman–Crippen MR) is 105 cm³/mol. The number of guanidine groups is 1. The van der Waals surface area contributed by atoms with Gasteiger partial charge in [0.05, 0.1) is 13.1 Å². The minimum atomic E-state index is -0.351. The van der Waals surface area contributed by atoms with Gasteiger partial charge in [0.1, 0.15) is 0 Å². The molecule has 2 aromatic carbocycles. The highest BCUT2D eigenvalue weighted by atomic mass is 16.2. The Morgan fingerprint density at radius 1 is 1.11 bits per heavy atom. The lowest BCUT2D eigenvalue weighted by molar-refractivity contribution is -0.124. The molecule has 27 heavy (non-hydrogen) atoms. The number of para-hydroxylation sites is 1. The molecule has 0 spiro atoms. The zero-order valence-corrected chi connectivity index (χ0v) is 15.2. The van der Waals surface area contributed by atoms with Crippen molar-refractivity contribution < 1.29 is 9.59 Å². The zero-order valence-electron chi connectivity index (χ0n) is 15.2. The highest BCUT2D eigenvalue weighted by Gasteiger charge is 2.27. The second-order valence-electron chi connectivity index (χ2n) is 6.27. The number of imide groups is 1. The zero-order chi connectivity index (χ0) is 19.1. The van der Waals surface area contributed by atoms with Gasteiger partial charge in [-0.15, -0.1) is 0 Å². The van der Waals surface area contributed by atoms with Crippen molar-refractivity contribution in [3.05, 3.63) is 65.7 Å². The predicted octanol–water partition coefficient (Wildman–Crippen LogP) is 2.10. The molecule has 1 aliphatic rings. The third kappa shape index (κ3) is 5.31. The summed E-state index contributed by atoms with van der Waals surface area (Å²) in [5.74, 6) is 0.379. The third-order valence-electron chi connectivity index (χ3n) is 4.14. The number of hydrogen-bond donors (Lipinski definition) is 3. The van der Waals surface area contributed by atoms with E-state index in [1.807, 2.05) is 49.4 Å². The first kappa shape index (κ1) is 18.4. The van der Waals surface area contributed by atoms with Crippen LogP contribution in [0.3, 0.4) is 0 Å². The molecule has 3 amide bonds. The van der Waals surface area contributed by atoms with E-state index in [9.17, 15) is 9.59 Å². The molecule has 0 aromatic heterocycles. The Labute approximate surface area is 158 Å². The van der Waals surface area contributed by atoms with E-state index in [1.165, 1.54) is 10.5 Å². The van der Waals surface area contributed by atoms with Gasteiger partial charge in [0.2, 0.25) is 5.91 Å². The molecule has 0 unspecified atom stereocenters. The summed E-state index contributed by atoms with van der Waals surface area (Å²) in [7, 11) is 0. The monoisotopic (exact) mass is 365 g/mol. The van der Waals surface area contributed by atoms with Gasteiger partial charge in [0.15, 0.2) is 5.96 Å². The average Bonchev–Trinajstić information content (AvgIpc) is 3.00. The van der Waals surface area contributed by atoms with E-state index in [4.69, 9.17) is 0 Å². The van der Waals surface area contributed by atoms with E-state index in [0.29, 0.717) is 19.0 Å². The number of anilines is 1. The molecule has 0 aliphatic carbocycles. The van der Waals surface area contributed by atoms with Crippen LogP contribution in [0.1, 0.15) is 11.1 Å². The molecular formula is C20H23N5O2. The first-order chi connectivity index (χ1) is 13.1. The van der Waals surface area contributed by atoms with Gasteiger partial charge in [0, 0.05) is 18.8 Å². The minimum absolute atomic E-state index is 0.0649. The van der Waals surface area contributed by atoms with Crippen LogP contribution in [0, 0.1) is 6.92 Å². The Morgan fingerprint density at radius 3 is 2.52 bits per heavy atom. The quantitative estimate of drug-likeness (QED) is 0.416. The average molecular weight is 365 g/mol. The Balaban J connectivity index is 1.63. The topological polar surface area (TPSA) is 85.8 Å². The maximum atomic E-state index is 11.7. The molecule has 1 saturated heterocycles. The first-order valence-corrected chi connectivity index (χ1v) is 8.86. The third-order valence-corrected chi connectivity index (χ3v) is 4.14. The molecule has 0 atom stereocenters. The Kier molecular flexibility index (Phi) is 6.04. The van der Waals surface area contributed by atoms with Gasteiger partial charge >= 0.3 is 6.03 Å². The number of carbonyl (C=O) groups is 2. The standard InChI is InChI=1S/C20H23N5O2/c1-15-7-9-16(10-8-15)13-22-19(24-17-5-3-2-4-6-17)21-11-12-25-18(26)14-23-20(25)27/h2-10H,11-14H2,1H3,(H,23,27)(H2,21,22,24). The van der Waals surface area contributed by atoms with E-state index >= 15 is 0 Å². The van der Waals surface area contributed by atoms with Crippen LogP contribution >= 0.6 is 0 Å². The molecular weight excluding hydrogens is 342 g/mol. The molecule has 7 nitrogen and oxygen atoms in total. The fourth-order valence-corrected chi connectivity index (χ4v) is 2.63. The summed E-state index contributed by atoms with van der Waals surface area (Å²) in [6.45, 7) is 3.32. The molecule has 2 aromatic rings. The maximum absolute atomic E-state index is 11.7. The van der Waals surface area contributed by atoms with Crippen LogP contribution in [0.5, 0.6) is 0 Å². The highest BCUT2D eigenvalue weighted by Crippen LogP contribution is 2.07. The SMILES string of the molecule is Cc1ccc(CN=C(NCCN2C(=O)CNC2=O)Nc2ccccc2)cc1. The number of aliphatic imine (C=N–C) groups is 1. The van der Waals surface area contributed by atoms with Gasteiger partial charge in [0.25, 0.3) is 0 Å². The van der Waals surface area contributed by atoms with Crippen molar-refractivity contribution in [3.8, 4) is 0 Å². The fourth-order valence-electron chi connectivity index (χ4n) is 2.63. The number of carbonyl (C=O) groups excluding carboxylic acids is 2. The summed E-state index contributed by atoms with van der Waals surface area (Å²) < 4.78 is 0. The first-order valence-electron chi connectivity index (χ1n) is 8.86. The van der Waals surface area contributed by atoms with Crippen LogP contribution in [-0.2, 0) is 11.3 Å². The van der Waals surface area contributed by atoms with E-state index in [1.54, 1.807) is 0 Å². The molecule has 1 heterocycles. The molecule has 1 aliphatic heterocycles. The maximum Gasteiger partial charge on any atom is 0.324 e. The molecule has 0 radical (unpaired) electrons. The van der Waals surface area contributed by atoms with Gasteiger partial charge in [-0.2, -0.15) is 0 Å². The second-order valence-corrected chi connectivity index (χ2v) is 6.27. The lowest BCUT2D eigenvalue weighted by Crippen LogP contribution is -2.40. The number of aryl methyl sites for hydroxylation is 1. The van der Waals surface area contributed by atoms with Crippen molar-refractivity contribution in [2.24, 2.45) is 4.99 Å². The largest absolute Gasteiger partial charge is 0.354 e. The van der Waals surface area contributed by atoms with Crippen molar-refractivity contribution in [2.75, 3.05) is 25.0 Å². The Hall–Kier alpha value is -3.35. The van der Waals surface area contributed by atoms with Gasteiger partial charge in [-0.05, 0) is 24.6 Å². The van der Waals surface area contributed by atoms with Gasteiger partial charge in [-0.25, -0.2) is 9.79 Å². The summed E-state index contributed by atoms with van der Waals surface area (Å²) in [6.07, 6.45) is 0. The number of amides is 3. The normalized spacial score (nSPS) is 14.3. The van der Waals surface area contributed by atoms with E-state index in [-0.39, 0.29) is 25.0 Å². The summed E-state index contributed by atoms with van der Waals surface area (Å²) in [5, 5.41) is 8.94. The van der Waals surface area contributed by atoms with Crippen LogP contribution in [0.15, 0.2) is 59.6 Å². The van der Waals surface area contributed by atoms with Gasteiger partial charge in [-0.3, -0.25) is 9.69 Å². The Bertz CT molecular complexity index is 802. The minimum Gasteiger partial charge on any atom is -0.354 e. The van der Waals surface area contributed by atoms with Crippen molar-refractivity contribution in [1.29, 1.82) is 0 Å². The number of rotatable bonds is 6. The molecule has 1 fully saturated rings. The van der Waals surface area contributed by atoms with Crippen LogP contribution in [0.4, 0.5) is 10.5 Å². The van der Waals surface area contributed by atoms with Crippen molar-refractivity contribution in [3.63, 3.8) is 0 Å². The van der Waals surface area contributed by atoms with E-state index < -0.39 is 0 Å². The number of nitrogens with zero attached hydrogens (tertiary/aromatic N) is 2. The fraction of sp³-hybridized carbons (Fsp3) is 0.250. The number of hydrogen-bond acceptors (Lipinski definition) is 3. The van der Waals surface area contributed by atoms with E-state index in [2.05, 4.69) is 33.1 Å². The number of urea groups is 1. The number of nitrogens with one attached hydrogen (secondary N) is 3. The Morgan fingerprint density at radius 2 is 1.85 bits per heavy atom. The van der Waals surface area contributed by atoms with Gasteiger partial charge < -0.3 is 16.0 Å². The summed E-state index contributed by atoms with van der Waals surface area (Å²) in [4.78, 5) is 29.1. The van der Waals surface area contributed by atoms with Crippen LogP contribution in [0.2, 0.25) is 0 Å². The molecule has 3 N–H and O–H groups in total. The molecule has 0 bridgehead atoms. The molecule has 7 heteroatoms. The van der Waals surface area contributed by atoms with Crippen molar-refractivity contribution in [1.82, 2.24) is 15.5 Å². The second kappa shape index (κ2) is 8.84. The lowest BCUT2D eigenvalue weighted by atomic mass is 10.1. The van der Waals surface area contributed by atoms with E-state index in [0.717, 1.165) is 11.3 Å². The van der Waals surface area contributed by atoms with Crippen molar-refractivity contribution >= 4 is 23.6 Å². The molecule has 3 rings (SSSR count). The number of benzene rings is 2. The van der Waals surface area contributed by atoms with Crippen LogP contribution in [-0.4, -0.2) is 42.4 Å². The summed E-state index contributed by atoms with van der Waals surface area (Å²) in [6, 6.07) is 17.6. The molecule has 0 saturated carbocycles. The highest BCUT2D eigenvalue weighted by molar-refractivity contribution is 6.02. The molecule has 140 valence electrons.